The van der Waals surface area contributed by atoms with Gasteiger partial charge in [-0.3, -0.25) is 0 Å². The van der Waals surface area contributed by atoms with Crippen LogP contribution in [-0.4, -0.2) is 44.3 Å². The number of rotatable bonds is 11. The van der Waals surface area contributed by atoms with Crippen molar-refractivity contribution in [3.05, 3.63) is 45.9 Å². The van der Waals surface area contributed by atoms with E-state index in [0.29, 0.717) is 45.5 Å². The molecule has 0 fully saturated rings. The molecule has 0 N–H and O–H groups in total. The summed E-state index contributed by atoms with van der Waals surface area (Å²) in [6.45, 7) is 3.97. The van der Waals surface area contributed by atoms with Crippen LogP contribution in [0, 0.1) is 0 Å². The first-order chi connectivity index (χ1) is 16.6. The smallest absolute Gasteiger partial charge is 0.374 e. The fraction of sp³-hybridized carbons (Fsp3) is 0.300. The van der Waals surface area contributed by atoms with E-state index >= 15 is 0 Å². The molecule has 4 heterocycles. The lowest BCUT2D eigenvalue weighted by Crippen LogP contribution is -2.02. The molecular formula is C20H18N4O6S4. The van der Waals surface area contributed by atoms with Crippen LogP contribution in [0.1, 0.15) is 46.5 Å². The monoisotopic (exact) mass is 538 g/mol. The Labute approximate surface area is 210 Å². The van der Waals surface area contributed by atoms with E-state index in [1.165, 1.54) is 44.7 Å². The summed E-state index contributed by atoms with van der Waals surface area (Å²) in [7, 11) is 3.00. The maximum atomic E-state index is 12.1. The Kier molecular flexibility index (Phi) is 8.37. The first-order valence-electron chi connectivity index (χ1n) is 9.99. The number of ether oxygens (including phenoxy) is 2. The highest BCUT2D eigenvalue weighted by atomic mass is 33.1. The van der Waals surface area contributed by atoms with Gasteiger partial charge in [-0.1, -0.05) is 30.6 Å². The fourth-order valence-corrected chi connectivity index (χ4v) is 5.73. The molecule has 0 aliphatic carbocycles. The largest absolute Gasteiger partial charge is 0.460 e. The molecule has 4 rings (SSSR count). The summed E-state index contributed by atoms with van der Waals surface area (Å²) in [6, 6.07) is 3.25. The Morgan fingerprint density at radius 1 is 0.824 bits per heavy atom. The first-order valence-corrected chi connectivity index (χ1v) is 14.2. The zero-order chi connectivity index (χ0) is 23.9. The second-order valence-corrected chi connectivity index (χ2v) is 10.1. The molecule has 0 saturated carbocycles. The molecule has 34 heavy (non-hydrogen) atoms. The molecule has 0 spiro atoms. The third kappa shape index (κ3) is 5.68. The van der Waals surface area contributed by atoms with Crippen molar-refractivity contribution in [2.45, 2.75) is 25.4 Å². The number of carbonyl (C=O) groups is 2. The average Bonchev–Trinajstić information content (AvgIpc) is 3.62. The number of hydrogen-bond acceptors (Lipinski definition) is 14. The summed E-state index contributed by atoms with van der Waals surface area (Å²) >= 11 is 2.43. The van der Waals surface area contributed by atoms with Gasteiger partial charge < -0.3 is 18.3 Å². The number of carbonyl (C=O) groups excluding carboxylic acids is 2. The van der Waals surface area contributed by atoms with Gasteiger partial charge in [0.05, 0.1) is 24.7 Å². The highest BCUT2D eigenvalue weighted by molar-refractivity contribution is 8.76. The molecule has 0 aromatic carbocycles. The number of furan rings is 2. The van der Waals surface area contributed by atoms with Crippen LogP contribution in [0.5, 0.6) is 0 Å². The number of nitrogens with zero attached hydrogens (tertiary/aromatic N) is 4. The second-order valence-electron chi connectivity index (χ2n) is 6.44. The van der Waals surface area contributed by atoms with Gasteiger partial charge in [-0.05, 0) is 36.9 Å². The van der Waals surface area contributed by atoms with E-state index in [0.717, 1.165) is 0 Å². The topological polar surface area (TPSA) is 130 Å². The summed E-state index contributed by atoms with van der Waals surface area (Å²) < 4.78 is 29.4. The minimum Gasteiger partial charge on any atom is -0.460 e. The van der Waals surface area contributed by atoms with Crippen molar-refractivity contribution < 1.29 is 27.9 Å². The molecule has 0 saturated heterocycles. The molecule has 4 aromatic heterocycles. The number of hydrogen-bond donors (Lipinski definition) is 0. The fourth-order valence-electron chi connectivity index (χ4n) is 2.87. The van der Waals surface area contributed by atoms with Crippen molar-refractivity contribution in [1.29, 1.82) is 0 Å². The highest BCUT2D eigenvalue weighted by Crippen LogP contribution is 2.38. The van der Waals surface area contributed by atoms with Crippen molar-refractivity contribution in [2.24, 2.45) is 0 Å². The van der Waals surface area contributed by atoms with Gasteiger partial charge in [0.2, 0.25) is 11.5 Å². The molecule has 14 heteroatoms. The molecule has 0 atom stereocenters. The maximum absolute atomic E-state index is 12.1. The second kappa shape index (κ2) is 11.6. The van der Waals surface area contributed by atoms with E-state index in [-0.39, 0.29) is 24.7 Å². The molecule has 0 aliphatic heterocycles. The van der Waals surface area contributed by atoms with Gasteiger partial charge in [-0.2, -0.15) is 0 Å². The summed E-state index contributed by atoms with van der Waals surface area (Å²) in [5, 5.41) is 11.7. The van der Waals surface area contributed by atoms with Crippen molar-refractivity contribution in [3.8, 4) is 22.5 Å². The normalized spacial score (nSPS) is 11.0. The van der Waals surface area contributed by atoms with Gasteiger partial charge in [0.25, 0.3) is 0 Å². The first kappa shape index (κ1) is 24.4. The van der Waals surface area contributed by atoms with Gasteiger partial charge in [0, 0.05) is 34.0 Å². The average molecular weight is 539 g/mol. The highest BCUT2D eigenvalue weighted by Gasteiger charge is 2.22. The lowest BCUT2D eigenvalue weighted by Gasteiger charge is -2.02. The zero-order valence-electron chi connectivity index (χ0n) is 18.0. The maximum Gasteiger partial charge on any atom is 0.374 e. The van der Waals surface area contributed by atoms with Crippen LogP contribution < -0.4 is 0 Å². The van der Waals surface area contributed by atoms with E-state index in [1.54, 1.807) is 36.7 Å². The Morgan fingerprint density at radius 2 is 1.26 bits per heavy atom. The Hall–Kier alpha value is -2.68. The van der Waals surface area contributed by atoms with E-state index in [1.807, 2.05) is 0 Å². The van der Waals surface area contributed by atoms with Crippen molar-refractivity contribution in [3.63, 3.8) is 0 Å². The van der Waals surface area contributed by atoms with E-state index in [2.05, 4.69) is 19.2 Å². The van der Waals surface area contributed by atoms with Gasteiger partial charge >= 0.3 is 11.9 Å². The SMILES string of the molecule is CCOC(=O)c1cc(-c2csnn2)c(CSSCc2oc(C(=O)OCC)cc2-c2csnn2)o1. The van der Waals surface area contributed by atoms with Gasteiger partial charge in [0.15, 0.2) is 0 Å². The van der Waals surface area contributed by atoms with Gasteiger partial charge in [-0.15, -0.1) is 10.2 Å². The third-order valence-corrected chi connectivity index (χ3v) is 7.45. The molecule has 0 aliphatic rings. The molecule has 0 amide bonds. The van der Waals surface area contributed by atoms with E-state index in [4.69, 9.17) is 18.3 Å². The predicted octanol–water partition coefficient (Wildman–Crippen LogP) is 5.34. The summed E-state index contributed by atoms with van der Waals surface area (Å²) in [5.74, 6) is 1.26. The Balaban J connectivity index is 1.46. The molecule has 10 nitrogen and oxygen atoms in total. The zero-order valence-corrected chi connectivity index (χ0v) is 21.3. The predicted molar refractivity (Wildman–Crippen MR) is 130 cm³/mol. The molecule has 0 unspecified atom stereocenters. The standard InChI is InChI=1S/C20H18N4O6S4/c1-3-27-19(25)15-5-11(13-7-31-23-21-13)17(29-15)9-33-34-10-18-12(14-8-32-24-22-14)6-16(30-18)20(26)28-4-2/h5-8H,3-4,9-10H2,1-2H3. The van der Waals surface area contributed by atoms with E-state index in [9.17, 15) is 9.59 Å². The van der Waals surface area contributed by atoms with Crippen molar-refractivity contribution in [1.82, 2.24) is 19.2 Å². The summed E-state index contributed by atoms with van der Waals surface area (Å²) in [4.78, 5) is 24.3. The molecule has 4 aromatic rings. The van der Waals surface area contributed by atoms with Crippen molar-refractivity contribution in [2.75, 3.05) is 13.2 Å². The Bertz CT molecular complexity index is 1140. The molecule has 178 valence electrons. The molecule has 0 bridgehead atoms. The van der Waals surface area contributed by atoms with Crippen LogP contribution in [0.4, 0.5) is 0 Å². The van der Waals surface area contributed by atoms with Gasteiger partial charge in [-0.25, -0.2) is 9.59 Å². The lowest BCUT2D eigenvalue weighted by atomic mass is 10.2. The number of esters is 2. The van der Waals surface area contributed by atoms with E-state index < -0.39 is 11.9 Å². The minimum absolute atomic E-state index is 0.119. The van der Waals surface area contributed by atoms with Crippen molar-refractivity contribution >= 4 is 56.6 Å². The minimum atomic E-state index is -0.528. The van der Waals surface area contributed by atoms with Crippen LogP contribution in [-0.2, 0) is 21.0 Å². The van der Waals surface area contributed by atoms with Crippen LogP contribution in [0.15, 0.2) is 31.7 Å². The molecular weight excluding hydrogens is 521 g/mol. The number of aromatic nitrogens is 4. The lowest BCUT2D eigenvalue weighted by molar-refractivity contribution is 0.0480. The van der Waals surface area contributed by atoms with Crippen LogP contribution in [0.25, 0.3) is 22.5 Å². The summed E-state index contributed by atoms with van der Waals surface area (Å²) in [5.41, 5.74) is 2.66. The van der Waals surface area contributed by atoms with Crippen LogP contribution >= 0.6 is 44.7 Å². The Morgan fingerprint density at radius 3 is 1.62 bits per heavy atom. The molecule has 0 radical (unpaired) electrons. The van der Waals surface area contributed by atoms with Gasteiger partial charge in [0.1, 0.15) is 22.9 Å². The quantitative estimate of drug-likeness (QED) is 0.139. The van der Waals surface area contributed by atoms with Crippen LogP contribution in [0.2, 0.25) is 0 Å². The summed E-state index contributed by atoms with van der Waals surface area (Å²) in [6.07, 6.45) is 0. The van der Waals surface area contributed by atoms with Crippen LogP contribution in [0.3, 0.4) is 0 Å². The third-order valence-electron chi connectivity index (χ3n) is 4.31.